The van der Waals surface area contributed by atoms with E-state index in [0.717, 1.165) is 17.8 Å². The van der Waals surface area contributed by atoms with E-state index < -0.39 is 0 Å². The van der Waals surface area contributed by atoms with Gasteiger partial charge in [-0.2, -0.15) is 0 Å². The Morgan fingerprint density at radius 3 is 1.88 bits per heavy atom. The van der Waals surface area contributed by atoms with E-state index in [-0.39, 0.29) is 0 Å². The lowest BCUT2D eigenvalue weighted by atomic mass is 9.86. The molecule has 0 N–H and O–H groups in total. The SMILES string of the molecule is CCC(CCC(C)CCN(C)C(C)C)C(C)C. The maximum atomic E-state index is 2.45. The second-order valence-electron chi connectivity index (χ2n) is 6.46. The fraction of sp³-hybridized carbons (Fsp3) is 1.00. The highest BCUT2D eigenvalue weighted by Gasteiger charge is 2.13. The van der Waals surface area contributed by atoms with Crippen molar-refractivity contribution in [2.75, 3.05) is 13.6 Å². The molecule has 0 saturated heterocycles. The van der Waals surface area contributed by atoms with Gasteiger partial charge in [-0.1, -0.05) is 40.5 Å². The van der Waals surface area contributed by atoms with Crippen molar-refractivity contribution in [3.05, 3.63) is 0 Å². The normalized spacial score (nSPS) is 15.9. The van der Waals surface area contributed by atoms with Gasteiger partial charge in [-0.15, -0.1) is 0 Å². The molecule has 0 aromatic rings. The first-order valence-corrected chi connectivity index (χ1v) is 7.58. The topological polar surface area (TPSA) is 3.24 Å². The molecule has 2 atom stereocenters. The van der Waals surface area contributed by atoms with Gasteiger partial charge in [0.15, 0.2) is 0 Å². The van der Waals surface area contributed by atoms with Crippen molar-refractivity contribution >= 4 is 0 Å². The second kappa shape index (κ2) is 8.97. The molecule has 1 heteroatoms. The largest absolute Gasteiger partial charge is 0.304 e. The zero-order valence-electron chi connectivity index (χ0n) is 13.3. The zero-order chi connectivity index (χ0) is 13.4. The van der Waals surface area contributed by atoms with Crippen LogP contribution in [-0.2, 0) is 0 Å². The van der Waals surface area contributed by atoms with E-state index in [9.17, 15) is 0 Å². The third-order valence-corrected chi connectivity index (χ3v) is 4.35. The Morgan fingerprint density at radius 1 is 0.882 bits per heavy atom. The highest BCUT2D eigenvalue weighted by Crippen LogP contribution is 2.24. The van der Waals surface area contributed by atoms with Crippen molar-refractivity contribution in [3.8, 4) is 0 Å². The molecule has 0 aliphatic carbocycles. The standard InChI is InChI=1S/C16H35N/c1-8-16(13(2)3)10-9-15(6)11-12-17(7)14(4)5/h13-16H,8-12H2,1-7H3. The highest BCUT2D eigenvalue weighted by molar-refractivity contribution is 4.66. The van der Waals surface area contributed by atoms with Crippen LogP contribution in [0.5, 0.6) is 0 Å². The molecule has 0 radical (unpaired) electrons. The van der Waals surface area contributed by atoms with Crippen LogP contribution in [0.2, 0.25) is 0 Å². The van der Waals surface area contributed by atoms with Crippen LogP contribution in [-0.4, -0.2) is 24.5 Å². The molecule has 17 heavy (non-hydrogen) atoms. The molecular formula is C16H35N. The van der Waals surface area contributed by atoms with Gasteiger partial charge in [-0.05, 0) is 58.0 Å². The van der Waals surface area contributed by atoms with E-state index in [4.69, 9.17) is 0 Å². The first-order chi connectivity index (χ1) is 7.88. The molecule has 0 aliphatic heterocycles. The predicted molar refractivity (Wildman–Crippen MR) is 79.4 cm³/mol. The fourth-order valence-electron chi connectivity index (χ4n) is 2.33. The summed E-state index contributed by atoms with van der Waals surface area (Å²) in [6.45, 7) is 15.3. The van der Waals surface area contributed by atoms with Gasteiger partial charge in [-0.25, -0.2) is 0 Å². The van der Waals surface area contributed by atoms with Gasteiger partial charge in [0.2, 0.25) is 0 Å². The third-order valence-electron chi connectivity index (χ3n) is 4.35. The van der Waals surface area contributed by atoms with Gasteiger partial charge in [0.05, 0.1) is 0 Å². The summed E-state index contributed by atoms with van der Waals surface area (Å²) in [5.41, 5.74) is 0. The Hall–Kier alpha value is -0.0400. The predicted octanol–water partition coefficient (Wildman–Crippen LogP) is 4.82. The Bertz CT molecular complexity index is 174. The molecule has 0 bridgehead atoms. The molecule has 0 saturated carbocycles. The maximum absolute atomic E-state index is 2.45. The van der Waals surface area contributed by atoms with E-state index in [1.807, 2.05) is 0 Å². The fourth-order valence-corrected chi connectivity index (χ4v) is 2.33. The number of nitrogens with zero attached hydrogens (tertiary/aromatic N) is 1. The van der Waals surface area contributed by atoms with E-state index in [1.165, 1.54) is 32.2 Å². The summed E-state index contributed by atoms with van der Waals surface area (Å²) >= 11 is 0. The molecule has 0 amide bonds. The molecule has 0 spiro atoms. The van der Waals surface area contributed by atoms with Crippen LogP contribution in [0.15, 0.2) is 0 Å². The van der Waals surface area contributed by atoms with Crippen molar-refractivity contribution in [1.29, 1.82) is 0 Å². The lowest BCUT2D eigenvalue weighted by molar-refractivity contribution is 0.242. The minimum absolute atomic E-state index is 0.682. The first-order valence-electron chi connectivity index (χ1n) is 7.58. The van der Waals surface area contributed by atoms with Crippen molar-refractivity contribution in [1.82, 2.24) is 4.90 Å². The van der Waals surface area contributed by atoms with Gasteiger partial charge in [-0.3, -0.25) is 0 Å². The van der Waals surface area contributed by atoms with Crippen LogP contribution >= 0.6 is 0 Å². The van der Waals surface area contributed by atoms with E-state index in [0.29, 0.717) is 6.04 Å². The van der Waals surface area contributed by atoms with Crippen LogP contribution < -0.4 is 0 Å². The van der Waals surface area contributed by atoms with Gasteiger partial charge in [0.25, 0.3) is 0 Å². The number of hydrogen-bond acceptors (Lipinski definition) is 1. The lowest BCUT2D eigenvalue weighted by Gasteiger charge is -2.24. The molecule has 0 fully saturated rings. The average molecular weight is 241 g/mol. The van der Waals surface area contributed by atoms with Gasteiger partial charge in [0.1, 0.15) is 0 Å². The van der Waals surface area contributed by atoms with E-state index in [2.05, 4.69) is 53.5 Å². The third kappa shape index (κ3) is 7.81. The van der Waals surface area contributed by atoms with E-state index in [1.54, 1.807) is 0 Å². The minimum atomic E-state index is 0.682. The van der Waals surface area contributed by atoms with Crippen LogP contribution in [0, 0.1) is 17.8 Å². The average Bonchev–Trinajstić information content (AvgIpc) is 2.25. The molecular weight excluding hydrogens is 206 g/mol. The van der Waals surface area contributed by atoms with Gasteiger partial charge >= 0.3 is 0 Å². The summed E-state index contributed by atoms with van der Waals surface area (Å²) in [4.78, 5) is 2.45. The van der Waals surface area contributed by atoms with Crippen molar-refractivity contribution in [3.63, 3.8) is 0 Å². The van der Waals surface area contributed by atoms with Crippen LogP contribution in [0.25, 0.3) is 0 Å². The molecule has 104 valence electrons. The van der Waals surface area contributed by atoms with Crippen molar-refractivity contribution < 1.29 is 0 Å². The summed E-state index contributed by atoms with van der Waals surface area (Å²) in [7, 11) is 2.24. The van der Waals surface area contributed by atoms with Crippen LogP contribution in [0.1, 0.15) is 67.2 Å². The maximum Gasteiger partial charge on any atom is 0.00355 e. The monoisotopic (exact) mass is 241 g/mol. The summed E-state index contributed by atoms with van der Waals surface area (Å²) in [5, 5.41) is 0. The summed E-state index contributed by atoms with van der Waals surface area (Å²) in [6, 6.07) is 0.682. The van der Waals surface area contributed by atoms with Crippen LogP contribution in [0.3, 0.4) is 0 Å². The molecule has 2 unspecified atom stereocenters. The molecule has 0 aromatic carbocycles. The van der Waals surface area contributed by atoms with Crippen molar-refractivity contribution in [2.45, 2.75) is 73.3 Å². The Morgan fingerprint density at radius 2 is 1.47 bits per heavy atom. The van der Waals surface area contributed by atoms with Crippen molar-refractivity contribution in [2.24, 2.45) is 17.8 Å². The smallest absolute Gasteiger partial charge is 0.00355 e. The Balaban J connectivity index is 3.75. The number of rotatable bonds is 9. The van der Waals surface area contributed by atoms with Gasteiger partial charge < -0.3 is 4.90 Å². The molecule has 0 rings (SSSR count). The van der Waals surface area contributed by atoms with E-state index >= 15 is 0 Å². The second-order valence-corrected chi connectivity index (χ2v) is 6.46. The molecule has 0 aliphatic rings. The summed E-state index contributed by atoms with van der Waals surface area (Å²) in [5.74, 6) is 2.66. The molecule has 0 heterocycles. The lowest BCUT2D eigenvalue weighted by Crippen LogP contribution is -2.28. The Labute approximate surface area is 110 Å². The van der Waals surface area contributed by atoms with Gasteiger partial charge in [0, 0.05) is 6.04 Å². The number of hydrogen-bond donors (Lipinski definition) is 0. The highest BCUT2D eigenvalue weighted by atomic mass is 15.1. The summed E-state index contributed by atoms with van der Waals surface area (Å²) in [6.07, 6.45) is 5.52. The minimum Gasteiger partial charge on any atom is -0.304 e. The molecule has 1 nitrogen and oxygen atoms in total. The van der Waals surface area contributed by atoms with Crippen LogP contribution in [0.4, 0.5) is 0 Å². The summed E-state index contributed by atoms with van der Waals surface area (Å²) < 4.78 is 0. The molecule has 0 aromatic heterocycles. The first kappa shape index (κ1) is 17.0. The zero-order valence-corrected chi connectivity index (χ0v) is 13.3. The Kier molecular flexibility index (Phi) is 8.94. The quantitative estimate of drug-likeness (QED) is 0.559.